The van der Waals surface area contributed by atoms with Gasteiger partial charge in [0.05, 0.1) is 8.42 Å². The highest BCUT2D eigenvalue weighted by atomic mass is 33.1. The topological polar surface area (TPSA) is 57.5 Å². The smallest absolute Gasteiger partial charge is 0.289 e. The zero-order chi connectivity index (χ0) is 12.1. The number of hydrogen-bond acceptors (Lipinski definition) is 9. The van der Waals surface area contributed by atoms with Crippen molar-refractivity contribution in [1.82, 2.24) is 0 Å². The van der Waals surface area contributed by atoms with Crippen LogP contribution in [0.5, 0.6) is 0 Å². The van der Waals surface area contributed by atoms with Crippen molar-refractivity contribution in [3.8, 4) is 0 Å². The molecule has 0 fully saturated rings. The van der Waals surface area contributed by atoms with Gasteiger partial charge in [-0.1, -0.05) is 44.3 Å². The molecular weight excluding hydrogens is 324 g/mol. The second-order valence-corrected chi connectivity index (χ2v) is 10.4. The Bertz CT molecular complexity index is 338. The second kappa shape index (κ2) is 7.57. The summed E-state index contributed by atoms with van der Waals surface area (Å²) in [7, 11) is 5.44. The molecule has 0 amide bonds. The minimum Gasteiger partial charge on any atom is -0.382 e. The molecular formula is C7H10O3S6. The molecule has 1 rings (SSSR count). The summed E-state index contributed by atoms with van der Waals surface area (Å²) in [5, 5.41) is 18.3. The largest absolute Gasteiger partial charge is 0.382 e. The minimum absolute atomic E-state index is 0.0439. The highest BCUT2D eigenvalue weighted by Gasteiger charge is 2.13. The third-order valence-electron chi connectivity index (χ3n) is 1.04. The Morgan fingerprint density at radius 3 is 1.69 bits per heavy atom. The van der Waals surface area contributed by atoms with Crippen LogP contribution in [0.4, 0.5) is 0 Å². The number of aliphatic hydroxyl groups is 2. The molecule has 0 radical (unpaired) electrons. The van der Waals surface area contributed by atoms with E-state index in [2.05, 4.69) is 0 Å². The molecule has 92 valence electrons. The maximum absolute atomic E-state index is 11.3. The highest BCUT2D eigenvalue weighted by molar-refractivity contribution is 8.78. The van der Waals surface area contributed by atoms with E-state index in [4.69, 9.17) is 10.2 Å². The lowest BCUT2D eigenvalue weighted by molar-refractivity contribution is 0.285. The Labute approximate surface area is 117 Å². The first-order chi connectivity index (χ1) is 7.49. The second-order valence-electron chi connectivity index (χ2n) is 2.59. The molecule has 2 atom stereocenters. The molecule has 9 heteroatoms. The van der Waals surface area contributed by atoms with Gasteiger partial charge in [0.25, 0.3) is 4.06 Å². The standard InChI is InChI=1S/C7H10O3S6/c1-3(8)13-15-5-6(12-7(10)11-5)16-14-4(2)9/h3-4,8-9H,1-2H3. The van der Waals surface area contributed by atoms with Crippen LogP contribution in [0.2, 0.25) is 0 Å². The summed E-state index contributed by atoms with van der Waals surface area (Å²) in [4.78, 5) is 11.3. The predicted octanol–water partition coefficient (Wildman–Crippen LogP) is 3.33. The Morgan fingerprint density at radius 2 is 1.38 bits per heavy atom. The van der Waals surface area contributed by atoms with Gasteiger partial charge in [0.15, 0.2) is 0 Å². The van der Waals surface area contributed by atoms with Crippen molar-refractivity contribution in [1.29, 1.82) is 0 Å². The Kier molecular flexibility index (Phi) is 7.21. The molecule has 3 nitrogen and oxygen atoms in total. The van der Waals surface area contributed by atoms with Gasteiger partial charge in [-0.2, -0.15) is 0 Å². The van der Waals surface area contributed by atoms with Crippen LogP contribution in [0.1, 0.15) is 13.8 Å². The molecule has 16 heavy (non-hydrogen) atoms. The third kappa shape index (κ3) is 5.67. The van der Waals surface area contributed by atoms with Crippen LogP contribution < -0.4 is 4.06 Å². The Hall–Kier alpha value is 1.17. The molecule has 2 unspecified atom stereocenters. The first-order valence-corrected chi connectivity index (χ1v) is 10.2. The fourth-order valence-corrected chi connectivity index (χ4v) is 8.16. The summed E-state index contributed by atoms with van der Waals surface area (Å²) in [6.45, 7) is 3.37. The third-order valence-corrected chi connectivity index (χ3v) is 9.52. The SMILES string of the molecule is CC(O)SSc1sc(=O)sc1SSC(C)O. The van der Waals surface area contributed by atoms with E-state index in [1.807, 2.05) is 0 Å². The first-order valence-electron chi connectivity index (χ1n) is 4.15. The fourth-order valence-electron chi connectivity index (χ4n) is 0.584. The van der Waals surface area contributed by atoms with Crippen molar-refractivity contribution in [2.24, 2.45) is 0 Å². The van der Waals surface area contributed by atoms with Gasteiger partial charge in [-0.15, -0.1) is 0 Å². The van der Waals surface area contributed by atoms with Crippen molar-refractivity contribution in [3.63, 3.8) is 0 Å². The van der Waals surface area contributed by atoms with Gasteiger partial charge in [0.2, 0.25) is 0 Å². The Balaban J connectivity index is 2.63. The number of rotatable bonds is 6. The molecule has 0 bridgehead atoms. The van der Waals surface area contributed by atoms with Gasteiger partial charge >= 0.3 is 0 Å². The van der Waals surface area contributed by atoms with Gasteiger partial charge in [-0.25, -0.2) is 0 Å². The zero-order valence-corrected chi connectivity index (χ0v) is 13.3. The normalized spacial score (nSPS) is 15.0. The molecule has 1 aromatic rings. The monoisotopic (exact) mass is 334 g/mol. The first kappa shape index (κ1) is 15.2. The molecule has 0 saturated carbocycles. The maximum Gasteiger partial charge on any atom is 0.289 e. The number of hydrogen-bond donors (Lipinski definition) is 2. The van der Waals surface area contributed by atoms with Crippen molar-refractivity contribution in [3.05, 3.63) is 8.85 Å². The van der Waals surface area contributed by atoms with E-state index in [0.29, 0.717) is 0 Å². The van der Waals surface area contributed by atoms with Crippen LogP contribution in [0.3, 0.4) is 0 Å². The van der Waals surface area contributed by atoms with Crippen LogP contribution >= 0.6 is 65.8 Å². The maximum atomic E-state index is 11.3. The van der Waals surface area contributed by atoms with E-state index >= 15 is 0 Å². The molecule has 0 saturated heterocycles. The van der Waals surface area contributed by atoms with E-state index in [-0.39, 0.29) is 4.06 Å². The lowest BCUT2D eigenvalue weighted by Gasteiger charge is -2.04. The molecule has 1 heterocycles. The molecule has 0 aliphatic rings. The van der Waals surface area contributed by atoms with Crippen LogP contribution in [0.15, 0.2) is 13.2 Å². The summed E-state index contributed by atoms with van der Waals surface area (Å²) in [5.74, 6) is 0. The van der Waals surface area contributed by atoms with Crippen molar-refractivity contribution >= 4 is 65.8 Å². The highest BCUT2D eigenvalue weighted by Crippen LogP contribution is 2.47. The molecule has 0 aliphatic carbocycles. The lowest BCUT2D eigenvalue weighted by Crippen LogP contribution is -1.87. The minimum atomic E-state index is -0.463. The quantitative estimate of drug-likeness (QED) is 0.611. The van der Waals surface area contributed by atoms with Crippen molar-refractivity contribution in [2.45, 2.75) is 33.1 Å². The predicted molar refractivity (Wildman–Crippen MR) is 78.7 cm³/mol. The van der Waals surface area contributed by atoms with E-state index in [1.54, 1.807) is 13.8 Å². The fraction of sp³-hybridized carbons (Fsp3) is 0.571. The van der Waals surface area contributed by atoms with E-state index < -0.39 is 10.9 Å². The molecule has 0 aliphatic heterocycles. The summed E-state index contributed by atoms with van der Waals surface area (Å²) in [6.07, 6.45) is 0. The average Bonchev–Trinajstić information content (AvgIpc) is 2.52. The van der Waals surface area contributed by atoms with Gasteiger partial charge in [-0.3, -0.25) is 4.79 Å². The van der Waals surface area contributed by atoms with Crippen LogP contribution in [0, 0.1) is 0 Å². The van der Waals surface area contributed by atoms with Crippen molar-refractivity contribution < 1.29 is 10.2 Å². The van der Waals surface area contributed by atoms with E-state index in [0.717, 1.165) is 8.42 Å². The lowest BCUT2D eigenvalue weighted by atomic mass is 10.9. The molecule has 2 N–H and O–H groups in total. The van der Waals surface area contributed by atoms with Crippen LogP contribution in [-0.2, 0) is 0 Å². The van der Waals surface area contributed by atoms with Gasteiger partial charge in [0, 0.05) is 0 Å². The summed E-state index contributed by atoms with van der Waals surface area (Å²) < 4.78 is 1.85. The summed E-state index contributed by atoms with van der Waals surface area (Å²) >= 11 is 2.37. The summed E-state index contributed by atoms with van der Waals surface area (Å²) in [6, 6.07) is 0. The summed E-state index contributed by atoms with van der Waals surface area (Å²) in [5.41, 5.74) is -0.927. The van der Waals surface area contributed by atoms with Gasteiger partial charge in [0.1, 0.15) is 10.9 Å². The van der Waals surface area contributed by atoms with E-state index in [1.165, 1.54) is 65.8 Å². The van der Waals surface area contributed by atoms with Gasteiger partial charge in [-0.05, 0) is 35.4 Å². The zero-order valence-electron chi connectivity index (χ0n) is 8.41. The Morgan fingerprint density at radius 1 is 1.00 bits per heavy atom. The van der Waals surface area contributed by atoms with Gasteiger partial charge < -0.3 is 10.2 Å². The molecule has 0 spiro atoms. The number of aliphatic hydroxyl groups excluding tert-OH is 2. The molecule has 1 aromatic heterocycles. The van der Waals surface area contributed by atoms with Crippen LogP contribution in [0.25, 0.3) is 0 Å². The van der Waals surface area contributed by atoms with E-state index in [9.17, 15) is 4.79 Å². The average molecular weight is 335 g/mol. The molecule has 0 aromatic carbocycles. The van der Waals surface area contributed by atoms with Crippen molar-refractivity contribution in [2.75, 3.05) is 0 Å². The van der Waals surface area contributed by atoms with Crippen LogP contribution in [-0.4, -0.2) is 21.1 Å².